The number of rotatable bonds is 1. The van der Waals surface area contributed by atoms with Crippen molar-refractivity contribution in [1.82, 2.24) is 15.1 Å². The molecule has 3 aliphatic heterocycles. The molecule has 9 nitrogen and oxygen atoms in total. The molecule has 0 spiro atoms. The predicted octanol–water partition coefficient (Wildman–Crippen LogP) is 2.54. The van der Waals surface area contributed by atoms with Gasteiger partial charge in [-0.05, 0) is 57.9 Å². The summed E-state index contributed by atoms with van der Waals surface area (Å²) in [5.41, 5.74) is 0.0253. The van der Waals surface area contributed by atoms with Gasteiger partial charge in [0.1, 0.15) is 29.2 Å². The van der Waals surface area contributed by atoms with Gasteiger partial charge in [0.2, 0.25) is 11.8 Å². The summed E-state index contributed by atoms with van der Waals surface area (Å²) >= 11 is 0. The van der Waals surface area contributed by atoms with Crippen LogP contribution in [0.25, 0.3) is 6.08 Å². The van der Waals surface area contributed by atoms with Crippen LogP contribution < -0.4 is 14.8 Å². The minimum absolute atomic E-state index is 0.259. The maximum atomic E-state index is 13.7. The van der Waals surface area contributed by atoms with Crippen molar-refractivity contribution in [3.05, 3.63) is 30.0 Å². The zero-order valence-corrected chi connectivity index (χ0v) is 19.5. The fourth-order valence-corrected chi connectivity index (χ4v) is 4.58. The third-order valence-electron chi connectivity index (χ3n) is 6.04. The van der Waals surface area contributed by atoms with E-state index in [0.717, 1.165) is 5.56 Å². The maximum Gasteiger partial charge on any atom is 0.411 e. The summed E-state index contributed by atoms with van der Waals surface area (Å²) in [4.78, 5) is 42.6. The van der Waals surface area contributed by atoms with Gasteiger partial charge in [-0.1, -0.05) is 0 Å². The van der Waals surface area contributed by atoms with Gasteiger partial charge in [0, 0.05) is 31.3 Å². The minimum Gasteiger partial charge on any atom is -0.496 e. The molecule has 0 unspecified atom stereocenters. The number of hydrogen-bond acceptors (Lipinski definition) is 6. The highest BCUT2D eigenvalue weighted by Gasteiger charge is 2.49. The lowest BCUT2D eigenvalue weighted by molar-refractivity contribution is -0.143. The molecule has 1 N–H and O–H groups in total. The first-order valence-corrected chi connectivity index (χ1v) is 11.3. The maximum absolute atomic E-state index is 13.7. The SMILES string of the molecule is COc1ccc2cc1/C=C\NC(=O)[C@@H]1CCCN1C(=O)[C@@H]1[C@H](CCN1C(=O)OC(C)(C)C)O2. The first kappa shape index (κ1) is 22.9. The van der Waals surface area contributed by atoms with Crippen LogP contribution >= 0.6 is 0 Å². The number of fused-ring (bicyclic) bond motifs is 4. The molecule has 2 bridgehead atoms. The lowest BCUT2D eigenvalue weighted by atomic mass is 10.1. The number of hydrogen-bond donors (Lipinski definition) is 1. The number of methoxy groups -OCH3 is 1. The van der Waals surface area contributed by atoms with E-state index >= 15 is 0 Å². The number of benzene rings is 1. The molecule has 4 rings (SSSR count). The van der Waals surface area contributed by atoms with Crippen molar-refractivity contribution in [2.75, 3.05) is 20.2 Å². The van der Waals surface area contributed by atoms with E-state index in [9.17, 15) is 14.4 Å². The number of carbonyl (C=O) groups excluding carboxylic acids is 3. The highest BCUT2D eigenvalue weighted by molar-refractivity contribution is 5.93. The Bertz CT molecular complexity index is 969. The van der Waals surface area contributed by atoms with Crippen LogP contribution in [0.3, 0.4) is 0 Å². The predicted molar refractivity (Wildman–Crippen MR) is 121 cm³/mol. The second kappa shape index (κ2) is 8.96. The lowest BCUT2D eigenvalue weighted by Gasteiger charge is -2.33. The van der Waals surface area contributed by atoms with Crippen molar-refractivity contribution < 1.29 is 28.6 Å². The fourth-order valence-electron chi connectivity index (χ4n) is 4.58. The van der Waals surface area contributed by atoms with Crippen molar-refractivity contribution in [3.8, 4) is 11.5 Å². The third kappa shape index (κ3) is 4.77. The zero-order valence-electron chi connectivity index (χ0n) is 19.5. The average molecular weight is 458 g/mol. The highest BCUT2D eigenvalue weighted by Crippen LogP contribution is 2.32. The van der Waals surface area contributed by atoms with Gasteiger partial charge >= 0.3 is 6.09 Å². The van der Waals surface area contributed by atoms with Crippen LogP contribution in [-0.4, -0.2) is 71.7 Å². The molecule has 3 heterocycles. The van der Waals surface area contributed by atoms with Crippen molar-refractivity contribution in [2.45, 2.75) is 63.8 Å². The molecule has 178 valence electrons. The summed E-state index contributed by atoms with van der Waals surface area (Å²) in [5.74, 6) is 0.621. The molecule has 1 aromatic rings. The summed E-state index contributed by atoms with van der Waals surface area (Å²) in [5, 5.41) is 2.78. The number of nitrogens with one attached hydrogen (secondary N) is 1. The van der Waals surface area contributed by atoms with Crippen molar-refractivity contribution >= 4 is 24.0 Å². The molecule has 0 aromatic heterocycles. The summed E-state index contributed by atoms with van der Waals surface area (Å²) in [6.07, 6.45) is 3.91. The number of amides is 3. The largest absolute Gasteiger partial charge is 0.496 e. The van der Waals surface area contributed by atoms with E-state index in [-0.39, 0.29) is 11.8 Å². The summed E-state index contributed by atoms with van der Waals surface area (Å²) in [6.45, 7) is 6.13. The van der Waals surface area contributed by atoms with Crippen LogP contribution in [0.1, 0.15) is 45.6 Å². The smallest absolute Gasteiger partial charge is 0.411 e. The average Bonchev–Trinajstić information content (AvgIpc) is 3.39. The monoisotopic (exact) mass is 457 g/mol. The zero-order chi connectivity index (χ0) is 23.8. The molecule has 1 aromatic carbocycles. The number of ether oxygens (including phenoxy) is 3. The van der Waals surface area contributed by atoms with Crippen molar-refractivity contribution in [3.63, 3.8) is 0 Å². The van der Waals surface area contributed by atoms with Gasteiger partial charge in [0.05, 0.1) is 7.11 Å². The molecule has 2 saturated heterocycles. The fraction of sp³-hybridized carbons (Fsp3) is 0.542. The molecule has 9 heteroatoms. The Kier molecular flexibility index (Phi) is 6.23. The van der Waals surface area contributed by atoms with E-state index in [2.05, 4.69) is 5.32 Å². The second-order valence-electron chi connectivity index (χ2n) is 9.50. The van der Waals surface area contributed by atoms with E-state index in [4.69, 9.17) is 14.2 Å². The first-order chi connectivity index (χ1) is 15.7. The molecule has 3 aliphatic rings. The van der Waals surface area contributed by atoms with Gasteiger partial charge < -0.3 is 24.4 Å². The number of likely N-dealkylation sites (tertiary alicyclic amines) is 1. The molecule has 3 amide bonds. The Hall–Kier alpha value is -3.23. The van der Waals surface area contributed by atoms with Crippen molar-refractivity contribution in [1.29, 1.82) is 0 Å². The van der Waals surface area contributed by atoms with Gasteiger partial charge in [-0.2, -0.15) is 0 Å². The van der Waals surface area contributed by atoms with Gasteiger partial charge in [0.25, 0.3) is 0 Å². The molecule has 33 heavy (non-hydrogen) atoms. The molecule has 0 radical (unpaired) electrons. The summed E-state index contributed by atoms with van der Waals surface area (Å²) in [6, 6.07) is 3.84. The van der Waals surface area contributed by atoms with Crippen molar-refractivity contribution in [2.24, 2.45) is 0 Å². The standard InChI is InChI=1S/C24H31N3O6/c1-24(2,3)33-23(30)27-13-10-19-20(27)22(29)26-12-5-6-17(26)21(28)25-11-9-15-14-16(32-19)7-8-18(15)31-4/h7-9,11,14,17,19-20H,5-6,10,12-13H2,1-4H3,(H,25,28)/b11-9-/t17-,19-,20-/m0/s1. The molecular formula is C24H31N3O6. The Labute approximate surface area is 193 Å². The quantitative estimate of drug-likeness (QED) is 0.696. The van der Waals surface area contributed by atoms with Gasteiger partial charge in [0.15, 0.2) is 6.04 Å². The van der Waals surface area contributed by atoms with E-state index in [1.165, 1.54) is 4.90 Å². The Morgan fingerprint density at radius 2 is 1.97 bits per heavy atom. The molecular weight excluding hydrogens is 426 g/mol. The molecule has 0 saturated carbocycles. The van der Waals surface area contributed by atoms with Crippen LogP contribution in [0.15, 0.2) is 24.4 Å². The van der Waals surface area contributed by atoms with Crippen LogP contribution in [0.5, 0.6) is 11.5 Å². The van der Waals surface area contributed by atoms with E-state index in [0.29, 0.717) is 43.9 Å². The first-order valence-electron chi connectivity index (χ1n) is 11.3. The second-order valence-corrected chi connectivity index (χ2v) is 9.50. The van der Waals surface area contributed by atoms with Crippen LogP contribution in [0.4, 0.5) is 4.79 Å². The van der Waals surface area contributed by atoms with Crippen LogP contribution in [-0.2, 0) is 14.3 Å². The number of carbonyl (C=O) groups is 3. The summed E-state index contributed by atoms with van der Waals surface area (Å²) < 4.78 is 17.2. The number of nitrogens with zero attached hydrogens (tertiary/aromatic N) is 2. The third-order valence-corrected chi connectivity index (χ3v) is 6.04. The Balaban J connectivity index is 1.73. The van der Waals surface area contributed by atoms with Gasteiger partial charge in [-0.3, -0.25) is 14.5 Å². The van der Waals surface area contributed by atoms with E-state index in [1.807, 2.05) is 0 Å². The normalized spacial score (nSPS) is 26.1. The highest BCUT2D eigenvalue weighted by atomic mass is 16.6. The van der Waals surface area contributed by atoms with Gasteiger partial charge in [-0.15, -0.1) is 0 Å². The van der Waals surface area contributed by atoms with Crippen LogP contribution in [0.2, 0.25) is 0 Å². The summed E-state index contributed by atoms with van der Waals surface area (Å²) in [7, 11) is 1.57. The molecule has 2 fully saturated rings. The lowest BCUT2D eigenvalue weighted by Crippen LogP contribution is -2.56. The van der Waals surface area contributed by atoms with E-state index in [1.54, 1.807) is 63.3 Å². The molecule has 0 aliphatic carbocycles. The Morgan fingerprint density at radius 1 is 1.18 bits per heavy atom. The topological polar surface area (TPSA) is 97.4 Å². The van der Waals surface area contributed by atoms with E-state index < -0.39 is 29.9 Å². The van der Waals surface area contributed by atoms with Crippen LogP contribution in [0, 0.1) is 0 Å². The minimum atomic E-state index is -0.882. The molecule has 3 atom stereocenters. The Morgan fingerprint density at radius 3 is 2.70 bits per heavy atom. The van der Waals surface area contributed by atoms with Gasteiger partial charge in [-0.25, -0.2) is 4.79 Å².